The van der Waals surface area contributed by atoms with Crippen molar-refractivity contribution in [1.29, 1.82) is 0 Å². The van der Waals surface area contributed by atoms with E-state index in [1.807, 2.05) is 19.9 Å². The summed E-state index contributed by atoms with van der Waals surface area (Å²) in [5.74, 6) is -0.153. The lowest BCUT2D eigenvalue weighted by atomic mass is 10.1. The number of methoxy groups -OCH3 is 1. The maximum absolute atomic E-state index is 13.7. The summed E-state index contributed by atoms with van der Waals surface area (Å²) in [6, 6.07) is 11.3. The molecule has 0 aliphatic carbocycles. The monoisotopic (exact) mass is 537 g/mol. The Kier molecular flexibility index (Phi) is 11.0. The summed E-state index contributed by atoms with van der Waals surface area (Å²) in [5.41, 5.74) is 1.62. The fraction of sp³-hybridized carbons (Fsp3) is 0.462. The number of hydrogen-bond donors (Lipinski definition) is 1. The second-order valence-electron chi connectivity index (χ2n) is 8.60. The zero-order chi connectivity index (χ0) is 26.9. The number of benzene rings is 2. The van der Waals surface area contributed by atoms with Gasteiger partial charge < -0.3 is 15.0 Å². The van der Waals surface area contributed by atoms with E-state index in [0.717, 1.165) is 29.0 Å². The Morgan fingerprint density at radius 2 is 1.83 bits per heavy atom. The van der Waals surface area contributed by atoms with Crippen LogP contribution in [0.25, 0.3) is 0 Å². The number of unbranched alkanes of at least 4 members (excludes halogenated alkanes) is 1. The molecule has 0 fully saturated rings. The first-order chi connectivity index (χ1) is 17.0. The summed E-state index contributed by atoms with van der Waals surface area (Å²) in [4.78, 5) is 28.3. The van der Waals surface area contributed by atoms with Gasteiger partial charge in [0.25, 0.3) is 0 Å². The van der Waals surface area contributed by atoms with Gasteiger partial charge in [-0.15, -0.1) is 0 Å². The number of nitrogens with one attached hydrogen (secondary N) is 1. The molecule has 0 bridgehead atoms. The molecule has 8 nitrogen and oxygen atoms in total. The van der Waals surface area contributed by atoms with E-state index >= 15 is 0 Å². The minimum absolute atomic E-state index is 0.113. The van der Waals surface area contributed by atoms with Crippen LogP contribution >= 0.6 is 11.6 Å². The SMILES string of the molecule is CCCCNC(=O)C(CC)N(Cc1cccc(OC)c1)C(=O)CN(c1cccc(Cl)c1C)S(C)(=O)=O. The van der Waals surface area contributed by atoms with Crippen molar-refractivity contribution in [3.05, 3.63) is 58.6 Å². The highest BCUT2D eigenvalue weighted by atomic mass is 35.5. The Morgan fingerprint density at radius 1 is 1.14 bits per heavy atom. The molecule has 2 amide bonds. The third kappa shape index (κ3) is 7.86. The number of nitrogens with zero attached hydrogens (tertiary/aromatic N) is 2. The van der Waals surface area contributed by atoms with Crippen molar-refractivity contribution in [2.45, 2.75) is 52.6 Å². The van der Waals surface area contributed by atoms with Crippen LogP contribution in [0, 0.1) is 6.92 Å². The van der Waals surface area contributed by atoms with Gasteiger partial charge in [0.2, 0.25) is 21.8 Å². The summed E-state index contributed by atoms with van der Waals surface area (Å²) in [7, 11) is -2.28. The first-order valence-electron chi connectivity index (χ1n) is 12.0. The van der Waals surface area contributed by atoms with Crippen LogP contribution in [0.5, 0.6) is 5.75 Å². The molecule has 0 spiro atoms. The Balaban J connectivity index is 2.46. The highest BCUT2D eigenvalue weighted by molar-refractivity contribution is 7.92. The number of rotatable bonds is 13. The highest BCUT2D eigenvalue weighted by Gasteiger charge is 2.32. The van der Waals surface area contributed by atoms with Gasteiger partial charge in [0.1, 0.15) is 18.3 Å². The van der Waals surface area contributed by atoms with E-state index in [4.69, 9.17) is 16.3 Å². The number of halogens is 1. The smallest absolute Gasteiger partial charge is 0.244 e. The maximum Gasteiger partial charge on any atom is 0.244 e. The third-order valence-electron chi connectivity index (χ3n) is 5.89. The molecule has 0 aliphatic heterocycles. The molecule has 2 aromatic carbocycles. The number of hydrogen-bond acceptors (Lipinski definition) is 5. The Morgan fingerprint density at radius 3 is 2.44 bits per heavy atom. The van der Waals surface area contributed by atoms with Crippen molar-refractivity contribution in [3.63, 3.8) is 0 Å². The first-order valence-corrected chi connectivity index (χ1v) is 14.2. The third-order valence-corrected chi connectivity index (χ3v) is 7.43. The molecule has 0 aromatic heterocycles. The minimum atomic E-state index is -3.83. The normalized spacial score (nSPS) is 12.1. The standard InChI is InChI=1S/C26H36ClN3O5S/c1-6-8-15-28-26(32)23(7-2)29(17-20-11-9-12-21(16-20)35-4)25(31)18-30(36(5,33)34)24-14-10-13-22(27)19(24)3/h9-14,16,23H,6-8,15,17-18H2,1-5H3,(H,28,32). The van der Waals surface area contributed by atoms with Crippen LogP contribution in [0.15, 0.2) is 42.5 Å². The molecule has 0 heterocycles. The van der Waals surface area contributed by atoms with Crippen LogP contribution in [0.2, 0.25) is 5.02 Å². The van der Waals surface area contributed by atoms with Crippen LogP contribution < -0.4 is 14.4 Å². The summed E-state index contributed by atoms with van der Waals surface area (Å²) in [6.07, 6.45) is 3.15. The van der Waals surface area contributed by atoms with Crippen LogP contribution in [0.4, 0.5) is 5.69 Å². The number of sulfonamides is 1. The molecular weight excluding hydrogens is 502 g/mol. The van der Waals surface area contributed by atoms with Crippen molar-refractivity contribution in [2.24, 2.45) is 0 Å². The number of carbonyl (C=O) groups excluding carboxylic acids is 2. The van der Waals surface area contributed by atoms with Gasteiger partial charge in [0.15, 0.2) is 0 Å². The zero-order valence-electron chi connectivity index (χ0n) is 21.6. The molecule has 1 N–H and O–H groups in total. The molecular formula is C26H36ClN3O5S. The largest absolute Gasteiger partial charge is 0.497 e. The quantitative estimate of drug-likeness (QED) is 0.387. The lowest BCUT2D eigenvalue weighted by Gasteiger charge is -2.33. The minimum Gasteiger partial charge on any atom is -0.497 e. The van der Waals surface area contributed by atoms with Crippen LogP contribution in [-0.2, 0) is 26.2 Å². The molecule has 1 atom stereocenters. The number of carbonyl (C=O) groups is 2. The predicted octanol–water partition coefficient (Wildman–Crippen LogP) is 4.15. The van der Waals surface area contributed by atoms with E-state index in [9.17, 15) is 18.0 Å². The average Bonchev–Trinajstić information content (AvgIpc) is 2.83. The lowest BCUT2D eigenvalue weighted by Crippen LogP contribution is -2.52. The topological polar surface area (TPSA) is 96.0 Å². The number of amides is 2. The Bertz CT molecular complexity index is 1160. The zero-order valence-corrected chi connectivity index (χ0v) is 23.2. The second kappa shape index (κ2) is 13.5. The van der Waals surface area contributed by atoms with E-state index in [-0.39, 0.29) is 12.5 Å². The molecule has 198 valence electrons. The summed E-state index contributed by atoms with van der Waals surface area (Å²) in [5, 5.41) is 3.30. The Hall–Kier alpha value is -2.78. The molecule has 2 aromatic rings. The van der Waals surface area contributed by atoms with Crippen LogP contribution in [0.3, 0.4) is 0 Å². The van der Waals surface area contributed by atoms with Crippen LogP contribution in [0.1, 0.15) is 44.2 Å². The van der Waals surface area contributed by atoms with Gasteiger partial charge in [-0.2, -0.15) is 0 Å². The van der Waals surface area contributed by atoms with E-state index in [0.29, 0.717) is 35.0 Å². The van der Waals surface area contributed by atoms with Crippen molar-refractivity contribution in [3.8, 4) is 5.75 Å². The van der Waals surface area contributed by atoms with Gasteiger partial charge in [-0.25, -0.2) is 8.42 Å². The fourth-order valence-electron chi connectivity index (χ4n) is 3.85. The first kappa shape index (κ1) is 29.5. The second-order valence-corrected chi connectivity index (χ2v) is 10.9. The Labute approximate surface area is 219 Å². The highest BCUT2D eigenvalue weighted by Crippen LogP contribution is 2.28. The van der Waals surface area contributed by atoms with Crippen molar-refractivity contribution >= 4 is 39.1 Å². The van der Waals surface area contributed by atoms with Crippen molar-refractivity contribution in [2.75, 3.05) is 30.8 Å². The van der Waals surface area contributed by atoms with Gasteiger partial charge in [-0.05, 0) is 55.2 Å². The average molecular weight is 538 g/mol. The molecule has 10 heteroatoms. The fourth-order valence-corrected chi connectivity index (χ4v) is 4.92. The molecule has 2 rings (SSSR count). The van der Waals surface area contributed by atoms with E-state index in [2.05, 4.69) is 5.32 Å². The van der Waals surface area contributed by atoms with Crippen molar-refractivity contribution < 1.29 is 22.7 Å². The molecule has 0 radical (unpaired) electrons. The van der Waals surface area contributed by atoms with Gasteiger partial charge in [-0.3, -0.25) is 13.9 Å². The van der Waals surface area contributed by atoms with Crippen LogP contribution in [-0.4, -0.2) is 57.6 Å². The van der Waals surface area contributed by atoms with Gasteiger partial charge >= 0.3 is 0 Å². The summed E-state index contributed by atoms with van der Waals surface area (Å²) in [6.45, 7) is 5.70. The molecule has 0 saturated heterocycles. The predicted molar refractivity (Wildman–Crippen MR) is 144 cm³/mol. The maximum atomic E-state index is 13.7. The van der Waals surface area contributed by atoms with Gasteiger partial charge in [0, 0.05) is 18.1 Å². The van der Waals surface area contributed by atoms with Gasteiger partial charge in [0.05, 0.1) is 19.1 Å². The molecule has 0 aliphatic rings. The number of anilines is 1. The van der Waals surface area contributed by atoms with E-state index < -0.39 is 28.5 Å². The molecule has 1 unspecified atom stereocenters. The van der Waals surface area contributed by atoms with E-state index in [1.165, 1.54) is 4.90 Å². The molecule has 0 saturated carbocycles. The van der Waals surface area contributed by atoms with Crippen molar-refractivity contribution in [1.82, 2.24) is 10.2 Å². The van der Waals surface area contributed by atoms with Gasteiger partial charge in [-0.1, -0.05) is 50.1 Å². The summed E-state index contributed by atoms with van der Waals surface area (Å²) < 4.78 is 31.9. The summed E-state index contributed by atoms with van der Waals surface area (Å²) >= 11 is 6.24. The molecule has 36 heavy (non-hydrogen) atoms. The lowest BCUT2D eigenvalue weighted by molar-refractivity contribution is -0.140. The number of ether oxygens (including phenoxy) is 1. The van der Waals surface area contributed by atoms with E-state index in [1.54, 1.807) is 50.4 Å².